The van der Waals surface area contributed by atoms with Gasteiger partial charge in [-0.15, -0.1) is 47.0 Å². The summed E-state index contributed by atoms with van der Waals surface area (Å²) in [6.07, 6.45) is 1.03. The zero-order valence-corrected chi connectivity index (χ0v) is 17.3. The molecular formula is C14H18O3S6. The zero-order chi connectivity index (χ0) is 16.7. The maximum Gasteiger partial charge on any atom is 0.335 e. The molecule has 3 nitrogen and oxygen atoms in total. The Balaban J connectivity index is 1.91. The lowest BCUT2D eigenvalue weighted by Gasteiger charge is -2.41. The van der Waals surface area contributed by atoms with Gasteiger partial charge in [-0.1, -0.05) is 0 Å². The number of thiol groups is 2. The van der Waals surface area contributed by atoms with Crippen molar-refractivity contribution in [3.63, 3.8) is 0 Å². The van der Waals surface area contributed by atoms with Crippen LogP contribution in [0.2, 0.25) is 0 Å². The third-order valence-corrected chi connectivity index (χ3v) is 9.56. The molecule has 23 heavy (non-hydrogen) atoms. The molecule has 0 aliphatic carbocycles. The Bertz CT molecular complexity index is 500. The summed E-state index contributed by atoms with van der Waals surface area (Å²) in [6.45, 7) is 0.617. The smallest absolute Gasteiger partial charge is 0.335 e. The number of rotatable bonds is 10. The molecule has 2 rings (SSSR count). The van der Waals surface area contributed by atoms with Crippen LogP contribution >= 0.6 is 72.3 Å². The van der Waals surface area contributed by atoms with Crippen molar-refractivity contribution in [2.24, 2.45) is 0 Å². The molecule has 1 N–H and O–H groups in total. The number of carboxylic acid groups (broad SMARTS) is 1. The maximum absolute atomic E-state index is 10.9. The zero-order valence-electron chi connectivity index (χ0n) is 12.2. The van der Waals surface area contributed by atoms with Gasteiger partial charge in [0.2, 0.25) is 0 Å². The van der Waals surface area contributed by atoms with Gasteiger partial charge < -0.3 is 9.84 Å². The number of hydrogen-bond donors (Lipinski definition) is 3. The van der Waals surface area contributed by atoms with E-state index in [1.807, 2.05) is 47.0 Å². The van der Waals surface area contributed by atoms with E-state index in [2.05, 4.69) is 25.3 Å². The predicted octanol–water partition coefficient (Wildman–Crippen LogP) is 4.85. The monoisotopic (exact) mass is 426 g/mol. The van der Waals surface area contributed by atoms with E-state index in [4.69, 9.17) is 9.84 Å². The van der Waals surface area contributed by atoms with E-state index in [0.717, 1.165) is 21.7 Å². The quantitative estimate of drug-likeness (QED) is 0.365. The Morgan fingerprint density at radius 3 is 2.30 bits per heavy atom. The molecule has 1 aliphatic rings. The van der Waals surface area contributed by atoms with E-state index in [1.165, 1.54) is 0 Å². The fourth-order valence-electron chi connectivity index (χ4n) is 1.96. The molecule has 1 aromatic carbocycles. The number of benzene rings is 1. The summed E-state index contributed by atoms with van der Waals surface area (Å²) < 4.78 is 6.45. The van der Waals surface area contributed by atoms with Crippen LogP contribution in [0.5, 0.6) is 5.75 Å². The number of carboxylic acids is 1. The fraction of sp³-hybridized carbons (Fsp3) is 0.500. The Hall–Kier alpha value is 0.590. The van der Waals surface area contributed by atoms with Gasteiger partial charge in [0.15, 0.2) is 0 Å². The van der Waals surface area contributed by atoms with E-state index in [-0.39, 0.29) is 9.64 Å². The summed E-state index contributed by atoms with van der Waals surface area (Å²) in [5.74, 6) is -0.212. The van der Waals surface area contributed by atoms with E-state index < -0.39 is 5.97 Å². The molecule has 0 radical (unpaired) electrons. The summed E-state index contributed by atoms with van der Waals surface area (Å²) >= 11 is 16.2. The first kappa shape index (κ1) is 19.9. The summed E-state index contributed by atoms with van der Waals surface area (Å²) in [5, 5.41) is 11.6. The van der Waals surface area contributed by atoms with Crippen LogP contribution in [0.3, 0.4) is 0 Å². The van der Waals surface area contributed by atoms with Crippen LogP contribution in [0, 0.1) is 0 Å². The second kappa shape index (κ2) is 9.91. The van der Waals surface area contributed by atoms with Crippen LogP contribution in [0.25, 0.3) is 0 Å². The molecule has 1 fully saturated rings. The lowest BCUT2D eigenvalue weighted by molar-refractivity contribution is 0.0697. The maximum atomic E-state index is 10.9. The molecule has 0 atom stereocenters. The molecule has 128 valence electrons. The molecule has 0 bridgehead atoms. The van der Waals surface area contributed by atoms with Gasteiger partial charge in [-0.2, -0.15) is 25.3 Å². The molecule has 0 saturated carbocycles. The van der Waals surface area contributed by atoms with Crippen molar-refractivity contribution in [3.8, 4) is 5.75 Å². The van der Waals surface area contributed by atoms with Crippen LogP contribution < -0.4 is 4.74 Å². The number of aromatic carboxylic acids is 1. The lowest BCUT2D eigenvalue weighted by atomic mass is 10.2. The van der Waals surface area contributed by atoms with E-state index >= 15 is 0 Å². The minimum Gasteiger partial charge on any atom is -0.491 e. The van der Waals surface area contributed by atoms with Gasteiger partial charge in [-0.25, -0.2) is 4.79 Å². The summed E-state index contributed by atoms with van der Waals surface area (Å²) in [7, 11) is 0. The van der Waals surface area contributed by atoms with Crippen molar-refractivity contribution >= 4 is 78.3 Å². The Kier molecular flexibility index (Phi) is 8.58. The van der Waals surface area contributed by atoms with Crippen LogP contribution in [-0.4, -0.2) is 41.6 Å². The summed E-state index contributed by atoms with van der Waals surface area (Å²) in [6, 6.07) is 6.57. The molecule has 0 amide bonds. The molecule has 0 aromatic heterocycles. The molecule has 1 saturated heterocycles. The lowest BCUT2D eigenvalue weighted by Crippen LogP contribution is -2.37. The highest BCUT2D eigenvalue weighted by atomic mass is 32.3. The van der Waals surface area contributed by atoms with Crippen molar-refractivity contribution in [1.82, 2.24) is 0 Å². The highest BCUT2D eigenvalue weighted by Gasteiger charge is 2.42. The molecule has 1 heterocycles. The Labute approximate surface area is 164 Å². The molecule has 0 spiro atoms. The van der Waals surface area contributed by atoms with Crippen molar-refractivity contribution in [2.75, 3.05) is 21.9 Å². The molecular weight excluding hydrogens is 409 g/mol. The molecule has 0 unspecified atom stereocenters. The number of hydrogen-bond acceptors (Lipinski definition) is 8. The number of carbonyl (C=O) groups is 1. The van der Waals surface area contributed by atoms with Crippen molar-refractivity contribution < 1.29 is 14.6 Å². The van der Waals surface area contributed by atoms with Crippen LogP contribution in [0.15, 0.2) is 24.3 Å². The van der Waals surface area contributed by atoms with Crippen molar-refractivity contribution in [2.45, 2.75) is 15.1 Å². The second-order valence-electron chi connectivity index (χ2n) is 4.66. The minimum atomic E-state index is -0.923. The SMILES string of the molecule is O=C(O)c1ccc(OCC2(CC(SCS)SCS)SCS2)cc1. The summed E-state index contributed by atoms with van der Waals surface area (Å²) in [4.78, 5) is 10.9. The Morgan fingerprint density at radius 2 is 1.87 bits per heavy atom. The molecule has 9 heteroatoms. The van der Waals surface area contributed by atoms with Gasteiger partial charge in [0.25, 0.3) is 0 Å². The van der Waals surface area contributed by atoms with Gasteiger partial charge in [-0.05, 0) is 30.7 Å². The van der Waals surface area contributed by atoms with Gasteiger partial charge >= 0.3 is 5.97 Å². The minimum absolute atomic E-state index is 0.0715. The largest absolute Gasteiger partial charge is 0.491 e. The predicted molar refractivity (Wildman–Crippen MR) is 113 cm³/mol. The average molecular weight is 427 g/mol. The highest BCUT2D eigenvalue weighted by molar-refractivity contribution is 8.33. The molecule has 1 aliphatic heterocycles. The second-order valence-corrected chi connectivity index (χ2v) is 12.2. The standard InChI is InChI=1S/C14H18O3S6/c15-13(16)10-1-3-11(4-2-10)17-6-14(22-9-23-14)5-12(20-7-18)21-8-19/h1-4,12,18-19H,5-9H2,(H,15,16). The first-order chi connectivity index (χ1) is 11.1. The van der Waals surface area contributed by atoms with Crippen molar-refractivity contribution in [1.29, 1.82) is 0 Å². The van der Waals surface area contributed by atoms with Gasteiger partial charge in [0.1, 0.15) is 12.4 Å². The van der Waals surface area contributed by atoms with E-state index in [0.29, 0.717) is 16.9 Å². The fourth-order valence-corrected chi connectivity index (χ4v) is 8.65. The number of thioether (sulfide) groups is 4. The highest BCUT2D eigenvalue weighted by Crippen LogP contribution is 2.55. The molecule has 1 aromatic rings. The van der Waals surface area contributed by atoms with Crippen LogP contribution in [0.4, 0.5) is 0 Å². The average Bonchev–Trinajstić information content (AvgIpc) is 2.50. The normalized spacial score (nSPS) is 16.1. The third kappa shape index (κ3) is 6.11. The number of ether oxygens (including phenoxy) is 1. The Morgan fingerprint density at radius 1 is 1.26 bits per heavy atom. The topological polar surface area (TPSA) is 46.5 Å². The first-order valence-corrected chi connectivity index (χ1v) is 12.1. The van der Waals surface area contributed by atoms with Gasteiger partial charge in [-0.3, -0.25) is 0 Å². The van der Waals surface area contributed by atoms with Crippen LogP contribution in [0.1, 0.15) is 16.8 Å². The van der Waals surface area contributed by atoms with Crippen molar-refractivity contribution in [3.05, 3.63) is 29.8 Å². The van der Waals surface area contributed by atoms with Gasteiger partial charge in [0.05, 0.1) is 14.2 Å². The van der Waals surface area contributed by atoms with Gasteiger partial charge in [0, 0.05) is 15.3 Å². The van der Waals surface area contributed by atoms with Crippen LogP contribution in [-0.2, 0) is 0 Å². The van der Waals surface area contributed by atoms with E-state index in [9.17, 15) is 4.79 Å². The van der Waals surface area contributed by atoms with E-state index in [1.54, 1.807) is 24.3 Å². The first-order valence-electron chi connectivity index (χ1n) is 6.77. The third-order valence-electron chi connectivity index (χ3n) is 3.20. The summed E-state index contributed by atoms with van der Waals surface area (Å²) in [5.41, 5.74) is 0.273.